The number of carbonyl (C=O) groups excluding carboxylic acids is 3. The van der Waals surface area contributed by atoms with Crippen LogP contribution in [0.5, 0.6) is 0 Å². The first-order valence-corrected chi connectivity index (χ1v) is 10.3. The smallest absolute Gasteiger partial charge is 0.259 e. The Bertz CT molecular complexity index is 1120. The summed E-state index contributed by atoms with van der Waals surface area (Å²) in [5, 5.41) is 7.42. The summed E-state index contributed by atoms with van der Waals surface area (Å²) in [5.41, 5.74) is 4.21. The number of amides is 3. The van der Waals surface area contributed by atoms with Gasteiger partial charge in [0.05, 0.1) is 23.5 Å². The highest BCUT2D eigenvalue weighted by Gasteiger charge is 2.27. The van der Waals surface area contributed by atoms with Crippen LogP contribution in [0, 0.1) is 13.8 Å². The highest BCUT2D eigenvalue weighted by Crippen LogP contribution is 2.24. The molecule has 0 saturated carbocycles. The second-order valence-electron chi connectivity index (χ2n) is 7.67. The van der Waals surface area contributed by atoms with Crippen LogP contribution in [0.1, 0.15) is 46.6 Å². The van der Waals surface area contributed by atoms with Crippen molar-refractivity contribution in [2.75, 3.05) is 10.2 Å². The number of imide groups is 1. The van der Waals surface area contributed by atoms with E-state index in [0.717, 1.165) is 11.3 Å². The molecule has 0 spiro atoms. The zero-order valence-corrected chi connectivity index (χ0v) is 17.6. The Morgan fingerprint density at radius 3 is 2.26 bits per heavy atom. The molecule has 1 N–H and O–H groups in total. The first kappa shape index (κ1) is 20.5. The van der Waals surface area contributed by atoms with E-state index < -0.39 is 0 Å². The lowest BCUT2D eigenvalue weighted by molar-refractivity contribution is -0.129. The number of carbonyl (C=O) groups is 3. The highest BCUT2D eigenvalue weighted by molar-refractivity contribution is 6.16. The normalized spacial score (nSPS) is 14.1. The molecule has 2 heterocycles. The van der Waals surface area contributed by atoms with E-state index in [1.807, 2.05) is 48.9 Å². The zero-order valence-electron chi connectivity index (χ0n) is 17.6. The SMILES string of the molecule is Cc1nn(Cc2ccccc2)c(C)c1C(=O)Nc1ccc(N2C(=O)CCCC2=O)cc1. The summed E-state index contributed by atoms with van der Waals surface area (Å²) in [6.45, 7) is 4.29. The zero-order chi connectivity index (χ0) is 22.0. The third kappa shape index (κ3) is 4.26. The summed E-state index contributed by atoms with van der Waals surface area (Å²) >= 11 is 0. The maximum Gasteiger partial charge on any atom is 0.259 e. The summed E-state index contributed by atoms with van der Waals surface area (Å²) in [7, 11) is 0. The molecule has 31 heavy (non-hydrogen) atoms. The van der Waals surface area contributed by atoms with Crippen molar-refractivity contribution in [2.24, 2.45) is 0 Å². The minimum Gasteiger partial charge on any atom is -0.322 e. The fourth-order valence-electron chi connectivity index (χ4n) is 3.86. The fraction of sp³-hybridized carbons (Fsp3) is 0.250. The van der Waals surface area contributed by atoms with Crippen LogP contribution in [-0.4, -0.2) is 27.5 Å². The molecule has 2 aromatic carbocycles. The lowest BCUT2D eigenvalue weighted by atomic mass is 10.1. The van der Waals surface area contributed by atoms with E-state index in [2.05, 4.69) is 10.4 Å². The Morgan fingerprint density at radius 1 is 0.968 bits per heavy atom. The molecule has 0 aliphatic carbocycles. The van der Waals surface area contributed by atoms with E-state index in [-0.39, 0.29) is 17.7 Å². The van der Waals surface area contributed by atoms with E-state index in [0.29, 0.717) is 48.4 Å². The highest BCUT2D eigenvalue weighted by atomic mass is 16.2. The van der Waals surface area contributed by atoms with Crippen LogP contribution in [0.4, 0.5) is 11.4 Å². The predicted molar refractivity (Wildman–Crippen MR) is 118 cm³/mol. The largest absolute Gasteiger partial charge is 0.322 e. The second-order valence-corrected chi connectivity index (χ2v) is 7.67. The number of piperidine rings is 1. The molecule has 1 aliphatic rings. The standard InChI is InChI=1S/C24H24N4O3/c1-16-23(17(2)27(26-16)15-18-7-4-3-5-8-18)24(31)25-19-11-13-20(14-12-19)28-21(29)9-6-10-22(28)30/h3-5,7-8,11-14H,6,9-10,15H2,1-2H3,(H,25,31). The molecule has 3 aromatic rings. The van der Waals surface area contributed by atoms with Crippen LogP contribution >= 0.6 is 0 Å². The van der Waals surface area contributed by atoms with Gasteiger partial charge in [-0.15, -0.1) is 0 Å². The molecule has 0 unspecified atom stereocenters. The molecule has 1 fully saturated rings. The van der Waals surface area contributed by atoms with E-state index in [4.69, 9.17) is 0 Å². The fourth-order valence-corrected chi connectivity index (χ4v) is 3.86. The molecule has 4 rings (SSSR count). The molecule has 1 saturated heterocycles. The molecule has 0 bridgehead atoms. The summed E-state index contributed by atoms with van der Waals surface area (Å²) in [6.07, 6.45) is 1.34. The van der Waals surface area contributed by atoms with Crippen LogP contribution in [0.2, 0.25) is 0 Å². The third-order valence-electron chi connectivity index (χ3n) is 5.45. The Morgan fingerprint density at radius 2 is 1.61 bits per heavy atom. The number of rotatable bonds is 5. The molecule has 3 amide bonds. The first-order chi connectivity index (χ1) is 14.9. The molecule has 7 heteroatoms. The van der Waals surface area contributed by atoms with E-state index in [1.54, 1.807) is 24.3 Å². The van der Waals surface area contributed by atoms with Crippen molar-refractivity contribution in [3.05, 3.63) is 77.1 Å². The van der Waals surface area contributed by atoms with Gasteiger partial charge in [0, 0.05) is 24.2 Å². The molecular weight excluding hydrogens is 392 g/mol. The van der Waals surface area contributed by atoms with Crippen LogP contribution in [0.25, 0.3) is 0 Å². The van der Waals surface area contributed by atoms with Crippen molar-refractivity contribution in [1.29, 1.82) is 0 Å². The van der Waals surface area contributed by atoms with Gasteiger partial charge in [0.1, 0.15) is 0 Å². The minimum atomic E-state index is -0.243. The molecule has 158 valence electrons. The van der Waals surface area contributed by atoms with Crippen LogP contribution in [0.3, 0.4) is 0 Å². The lowest BCUT2D eigenvalue weighted by Crippen LogP contribution is -2.40. The van der Waals surface area contributed by atoms with Gasteiger partial charge in [-0.05, 0) is 50.1 Å². The van der Waals surface area contributed by atoms with Crippen LogP contribution in [0.15, 0.2) is 54.6 Å². The van der Waals surface area contributed by atoms with Gasteiger partial charge in [-0.2, -0.15) is 5.10 Å². The number of anilines is 2. The van der Waals surface area contributed by atoms with Crippen molar-refractivity contribution >= 4 is 29.1 Å². The monoisotopic (exact) mass is 416 g/mol. The average molecular weight is 416 g/mol. The molecule has 1 aliphatic heterocycles. The van der Waals surface area contributed by atoms with Crippen molar-refractivity contribution in [3.8, 4) is 0 Å². The van der Waals surface area contributed by atoms with Crippen molar-refractivity contribution in [1.82, 2.24) is 9.78 Å². The number of hydrogen-bond acceptors (Lipinski definition) is 4. The van der Waals surface area contributed by atoms with Crippen molar-refractivity contribution in [3.63, 3.8) is 0 Å². The topological polar surface area (TPSA) is 84.3 Å². The first-order valence-electron chi connectivity index (χ1n) is 10.3. The van der Waals surface area contributed by atoms with Crippen molar-refractivity contribution in [2.45, 2.75) is 39.7 Å². The number of aromatic nitrogens is 2. The summed E-state index contributed by atoms with van der Waals surface area (Å²) in [6, 6.07) is 16.7. The quantitative estimate of drug-likeness (QED) is 0.641. The third-order valence-corrected chi connectivity index (χ3v) is 5.45. The van der Waals surface area contributed by atoms with Gasteiger partial charge in [0.15, 0.2) is 0 Å². The Hall–Kier alpha value is -3.74. The maximum atomic E-state index is 12.9. The Kier molecular flexibility index (Phi) is 5.66. The van der Waals surface area contributed by atoms with E-state index >= 15 is 0 Å². The van der Waals surface area contributed by atoms with Gasteiger partial charge in [0.2, 0.25) is 11.8 Å². The van der Waals surface area contributed by atoms with Gasteiger partial charge in [0.25, 0.3) is 5.91 Å². The predicted octanol–water partition coefficient (Wildman–Crippen LogP) is 3.84. The van der Waals surface area contributed by atoms with Gasteiger partial charge < -0.3 is 5.32 Å². The number of benzene rings is 2. The molecule has 0 radical (unpaired) electrons. The lowest BCUT2D eigenvalue weighted by Gasteiger charge is -2.24. The Labute approximate surface area is 180 Å². The molecule has 0 atom stereocenters. The summed E-state index contributed by atoms with van der Waals surface area (Å²) < 4.78 is 1.83. The molecule has 1 aromatic heterocycles. The van der Waals surface area contributed by atoms with E-state index in [1.165, 1.54) is 4.90 Å². The second kappa shape index (κ2) is 8.55. The molecule has 7 nitrogen and oxygen atoms in total. The number of nitrogens with zero attached hydrogens (tertiary/aromatic N) is 3. The minimum absolute atomic E-state index is 0.190. The summed E-state index contributed by atoms with van der Waals surface area (Å²) in [4.78, 5) is 38.3. The van der Waals surface area contributed by atoms with Crippen molar-refractivity contribution < 1.29 is 14.4 Å². The molecular formula is C24H24N4O3. The summed E-state index contributed by atoms with van der Waals surface area (Å²) in [5.74, 6) is -0.623. The van der Waals surface area contributed by atoms with E-state index in [9.17, 15) is 14.4 Å². The average Bonchev–Trinajstić information content (AvgIpc) is 3.03. The van der Waals surface area contributed by atoms with Crippen LogP contribution in [-0.2, 0) is 16.1 Å². The Balaban J connectivity index is 1.49. The number of aryl methyl sites for hydroxylation is 1. The maximum absolute atomic E-state index is 12.9. The van der Waals surface area contributed by atoms with Gasteiger partial charge >= 0.3 is 0 Å². The van der Waals surface area contributed by atoms with Gasteiger partial charge in [-0.25, -0.2) is 0 Å². The van der Waals surface area contributed by atoms with Gasteiger partial charge in [-0.1, -0.05) is 30.3 Å². The number of nitrogens with one attached hydrogen (secondary N) is 1. The van der Waals surface area contributed by atoms with Gasteiger partial charge in [-0.3, -0.25) is 24.0 Å². The number of hydrogen-bond donors (Lipinski definition) is 1. The van der Waals surface area contributed by atoms with Crippen LogP contribution < -0.4 is 10.2 Å².